The molecule has 0 radical (unpaired) electrons. The van der Waals surface area contributed by atoms with E-state index in [2.05, 4.69) is 9.36 Å². The second kappa shape index (κ2) is 5.34. The second-order valence-electron chi connectivity index (χ2n) is 4.14. The number of hydrogen-bond acceptors (Lipinski definition) is 5. The first-order chi connectivity index (χ1) is 8.47. The first-order valence-electron chi connectivity index (χ1n) is 5.51. The van der Waals surface area contributed by atoms with Gasteiger partial charge in [-0.2, -0.15) is 4.37 Å². The minimum Gasteiger partial charge on any atom is -0.324 e. The summed E-state index contributed by atoms with van der Waals surface area (Å²) in [5.41, 5.74) is 7.30. The Morgan fingerprint density at radius 3 is 2.67 bits per heavy atom. The van der Waals surface area contributed by atoms with Crippen LogP contribution < -0.4 is 5.73 Å². The Hall–Kier alpha value is -0.980. The minimum atomic E-state index is -0.222. The van der Waals surface area contributed by atoms with Gasteiger partial charge >= 0.3 is 0 Å². The molecule has 0 bridgehead atoms. The van der Waals surface area contributed by atoms with Crippen molar-refractivity contribution in [3.63, 3.8) is 0 Å². The number of benzene rings is 1. The number of aryl methyl sites for hydroxylation is 2. The molecule has 1 unspecified atom stereocenters. The number of rotatable bonds is 3. The summed E-state index contributed by atoms with van der Waals surface area (Å²) in [7, 11) is 0. The fraction of sp³-hybridized carbons (Fsp3) is 0.333. The van der Waals surface area contributed by atoms with Crippen molar-refractivity contribution in [1.82, 2.24) is 9.36 Å². The summed E-state index contributed by atoms with van der Waals surface area (Å²) in [6.07, 6.45) is 0. The number of nitrogens with zero attached hydrogens (tertiary/aromatic N) is 2. The molecule has 2 rings (SSSR count). The summed E-state index contributed by atoms with van der Waals surface area (Å²) in [5.74, 6) is 0.531. The maximum Gasteiger partial charge on any atom is 0.174 e. The van der Waals surface area contributed by atoms with Gasteiger partial charge in [0.2, 0.25) is 0 Å². The predicted molar refractivity (Wildman–Crippen MR) is 72.5 cm³/mol. The Morgan fingerprint density at radius 1 is 1.39 bits per heavy atom. The zero-order chi connectivity index (χ0) is 13.3. The molecule has 96 valence electrons. The maximum absolute atomic E-state index is 13.6. The van der Waals surface area contributed by atoms with E-state index < -0.39 is 0 Å². The van der Waals surface area contributed by atoms with E-state index in [1.807, 2.05) is 19.9 Å². The molecule has 0 aliphatic carbocycles. The lowest BCUT2D eigenvalue weighted by atomic mass is 10.1. The first-order valence-corrected chi connectivity index (χ1v) is 7.10. The van der Waals surface area contributed by atoms with E-state index in [1.165, 1.54) is 29.4 Å². The summed E-state index contributed by atoms with van der Waals surface area (Å²) in [6, 6.07) is 3.11. The topological polar surface area (TPSA) is 51.8 Å². The zero-order valence-corrected chi connectivity index (χ0v) is 12.0. The fourth-order valence-corrected chi connectivity index (χ4v) is 3.45. The predicted octanol–water partition coefficient (Wildman–Crippen LogP) is 3.46. The Balaban J connectivity index is 2.39. The third-order valence-corrected chi connectivity index (χ3v) is 4.40. The Morgan fingerprint density at radius 2 is 2.11 bits per heavy atom. The van der Waals surface area contributed by atoms with Crippen molar-refractivity contribution in [2.24, 2.45) is 5.73 Å². The zero-order valence-electron chi connectivity index (χ0n) is 10.4. The van der Waals surface area contributed by atoms with E-state index in [0.29, 0.717) is 5.56 Å². The van der Waals surface area contributed by atoms with Gasteiger partial charge in [-0.25, -0.2) is 9.37 Å². The Bertz CT molecular complexity index is 566. The molecule has 1 atom stereocenters. The minimum absolute atomic E-state index is 0.211. The number of halogens is 1. The molecule has 0 saturated carbocycles. The molecule has 18 heavy (non-hydrogen) atoms. The molecule has 1 aromatic carbocycles. The van der Waals surface area contributed by atoms with Crippen LogP contribution in [0.1, 0.15) is 29.9 Å². The SMILES string of the molecule is Cc1nsc(Sc2cc(C)c(F)cc2C(C)N)n1. The second-order valence-corrected chi connectivity index (χ2v) is 6.18. The van der Waals surface area contributed by atoms with Gasteiger partial charge in [0, 0.05) is 10.9 Å². The molecule has 0 aliphatic rings. The van der Waals surface area contributed by atoms with E-state index >= 15 is 0 Å². The third kappa shape index (κ3) is 2.88. The molecule has 3 nitrogen and oxygen atoms in total. The molecule has 6 heteroatoms. The highest BCUT2D eigenvalue weighted by molar-refractivity contribution is 8.01. The molecule has 1 aromatic heterocycles. The fourth-order valence-electron chi connectivity index (χ4n) is 1.53. The van der Waals surface area contributed by atoms with Crippen molar-refractivity contribution >= 4 is 23.3 Å². The largest absolute Gasteiger partial charge is 0.324 e. The average Bonchev–Trinajstić information content (AvgIpc) is 2.68. The lowest BCUT2D eigenvalue weighted by Crippen LogP contribution is -2.07. The third-order valence-electron chi connectivity index (χ3n) is 2.49. The Labute approximate surface area is 114 Å². The first kappa shape index (κ1) is 13.5. The molecule has 0 saturated heterocycles. The van der Waals surface area contributed by atoms with Gasteiger partial charge in [0.05, 0.1) is 0 Å². The monoisotopic (exact) mass is 283 g/mol. The van der Waals surface area contributed by atoms with Crippen LogP contribution in [0.3, 0.4) is 0 Å². The number of nitrogens with two attached hydrogens (primary N) is 1. The van der Waals surface area contributed by atoms with E-state index in [0.717, 1.165) is 20.6 Å². The molecule has 0 amide bonds. The summed E-state index contributed by atoms with van der Waals surface area (Å²) in [6.45, 7) is 5.44. The summed E-state index contributed by atoms with van der Waals surface area (Å²) in [5, 5.41) is 0. The molecular weight excluding hydrogens is 269 g/mol. The van der Waals surface area contributed by atoms with Gasteiger partial charge in [-0.3, -0.25) is 0 Å². The summed E-state index contributed by atoms with van der Waals surface area (Å²) < 4.78 is 18.6. The van der Waals surface area contributed by atoms with Crippen LogP contribution in [0.2, 0.25) is 0 Å². The van der Waals surface area contributed by atoms with Crippen LogP contribution in [0, 0.1) is 19.7 Å². The van der Waals surface area contributed by atoms with Crippen LogP contribution in [-0.4, -0.2) is 9.36 Å². The van der Waals surface area contributed by atoms with Gasteiger partial charge in [0.25, 0.3) is 0 Å². The van der Waals surface area contributed by atoms with Crippen molar-refractivity contribution in [3.8, 4) is 0 Å². The van der Waals surface area contributed by atoms with Gasteiger partial charge in [-0.05, 0) is 55.6 Å². The van der Waals surface area contributed by atoms with Crippen LogP contribution >= 0.6 is 23.3 Å². The van der Waals surface area contributed by atoms with E-state index in [1.54, 1.807) is 6.92 Å². The van der Waals surface area contributed by atoms with Crippen LogP contribution in [-0.2, 0) is 0 Å². The maximum atomic E-state index is 13.6. The molecular formula is C12H14FN3S2. The summed E-state index contributed by atoms with van der Waals surface area (Å²) >= 11 is 2.83. The Kier molecular flexibility index (Phi) is 3.99. The van der Waals surface area contributed by atoms with Crippen LogP contribution in [0.4, 0.5) is 4.39 Å². The summed E-state index contributed by atoms with van der Waals surface area (Å²) in [4.78, 5) is 5.24. The molecule has 0 fully saturated rings. The average molecular weight is 283 g/mol. The van der Waals surface area contributed by atoms with Gasteiger partial charge in [-0.1, -0.05) is 11.8 Å². The van der Waals surface area contributed by atoms with Crippen molar-refractivity contribution < 1.29 is 4.39 Å². The molecule has 0 spiro atoms. The van der Waals surface area contributed by atoms with Gasteiger partial charge in [0.1, 0.15) is 11.6 Å². The smallest absolute Gasteiger partial charge is 0.174 e. The van der Waals surface area contributed by atoms with Gasteiger partial charge < -0.3 is 5.73 Å². The lowest BCUT2D eigenvalue weighted by Gasteiger charge is -2.12. The number of aromatic nitrogens is 2. The molecule has 0 aliphatic heterocycles. The van der Waals surface area contributed by atoms with Gasteiger partial charge in [-0.15, -0.1) is 0 Å². The highest BCUT2D eigenvalue weighted by Crippen LogP contribution is 2.35. The lowest BCUT2D eigenvalue weighted by molar-refractivity contribution is 0.610. The molecule has 2 N–H and O–H groups in total. The van der Waals surface area contributed by atoms with Crippen LogP contribution in [0.25, 0.3) is 0 Å². The van der Waals surface area contributed by atoms with Crippen molar-refractivity contribution in [2.75, 3.05) is 0 Å². The standard InChI is InChI=1S/C12H14FN3S2/c1-6-4-11(9(7(2)14)5-10(6)13)17-12-15-8(3)16-18-12/h4-5,7H,14H2,1-3H3. The highest BCUT2D eigenvalue weighted by Gasteiger charge is 2.13. The highest BCUT2D eigenvalue weighted by atomic mass is 32.2. The van der Waals surface area contributed by atoms with Crippen molar-refractivity contribution in [1.29, 1.82) is 0 Å². The van der Waals surface area contributed by atoms with Crippen molar-refractivity contribution in [3.05, 3.63) is 34.9 Å². The number of hydrogen-bond donors (Lipinski definition) is 1. The quantitative estimate of drug-likeness (QED) is 0.937. The van der Waals surface area contributed by atoms with Crippen LogP contribution in [0.15, 0.2) is 21.4 Å². The van der Waals surface area contributed by atoms with E-state index in [9.17, 15) is 4.39 Å². The molecule has 1 heterocycles. The van der Waals surface area contributed by atoms with E-state index in [4.69, 9.17) is 5.73 Å². The van der Waals surface area contributed by atoms with Crippen molar-refractivity contribution in [2.45, 2.75) is 36.0 Å². The normalized spacial score (nSPS) is 12.7. The molecule has 2 aromatic rings. The van der Waals surface area contributed by atoms with Crippen LogP contribution in [0.5, 0.6) is 0 Å². The van der Waals surface area contributed by atoms with E-state index in [-0.39, 0.29) is 11.9 Å². The van der Waals surface area contributed by atoms with Gasteiger partial charge in [0.15, 0.2) is 4.34 Å².